The lowest BCUT2D eigenvalue weighted by Gasteiger charge is -2.52. The monoisotopic (exact) mass is 492 g/mol. The molecule has 3 N–H and O–H groups in total. The zero-order valence-electron chi connectivity index (χ0n) is 18.7. The van der Waals surface area contributed by atoms with Crippen molar-refractivity contribution in [2.45, 2.75) is 50.7 Å². The van der Waals surface area contributed by atoms with E-state index >= 15 is 0 Å². The number of hydrogen-bond acceptors (Lipinski definition) is 5. The maximum absolute atomic E-state index is 13.0. The predicted octanol–water partition coefficient (Wildman–Crippen LogP) is 5.40. The largest absolute Gasteiger partial charge is 0.504 e. The quantitative estimate of drug-likeness (QED) is 0.502. The zero-order valence-corrected chi connectivity index (χ0v) is 20.2. The molecule has 1 aliphatic heterocycles. The summed E-state index contributed by atoms with van der Waals surface area (Å²) in [5.74, 6) is 0.300. The minimum absolute atomic E-state index is 0.00839. The summed E-state index contributed by atoms with van der Waals surface area (Å²) >= 11 is 12.2. The van der Waals surface area contributed by atoms with Crippen molar-refractivity contribution in [1.29, 1.82) is 0 Å². The molecule has 1 saturated carbocycles. The van der Waals surface area contributed by atoms with Crippen LogP contribution in [0.2, 0.25) is 10.0 Å². The molecule has 0 spiro atoms. The topological polar surface area (TPSA) is 82.0 Å². The van der Waals surface area contributed by atoms with Crippen LogP contribution in [0.5, 0.6) is 11.5 Å². The number of nitrogens with one attached hydrogen (secondary N) is 1. The summed E-state index contributed by atoms with van der Waals surface area (Å²) in [5, 5.41) is 25.4. The number of fused-ring (bicyclic) bond motifs is 1. The number of carbonyl (C=O) groups excluding carboxylic acids is 1. The summed E-state index contributed by atoms with van der Waals surface area (Å²) in [6, 6.07) is 10.1. The smallest absolute Gasteiger partial charge is 0.238 e. The van der Waals surface area contributed by atoms with Crippen molar-refractivity contribution in [2.24, 2.45) is 5.92 Å². The summed E-state index contributed by atoms with van der Waals surface area (Å²) in [7, 11) is 0. The number of likely N-dealkylation sites (tertiary alicyclic amines) is 1. The third-order valence-electron chi connectivity index (χ3n) is 6.85. The Morgan fingerprint density at radius 2 is 2.03 bits per heavy atom. The van der Waals surface area contributed by atoms with Crippen LogP contribution in [-0.2, 0) is 4.79 Å². The lowest BCUT2D eigenvalue weighted by atomic mass is 9.66. The summed E-state index contributed by atoms with van der Waals surface area (Å²) in [6.45, 7) is 3.04. The van der Waals surface area contributed by atoms with Gasteiger partial charge in [-0.2, -0.15) is 0 Å². The van der Waals surface area contributed by atoms with Gasteiger partial charge in [0.2, 0.25) is 5.91 Å². The molecular weight excluding hydrogens is 463 g/mol. The number of hydrogen-bond donors (Lipinski definition) is 3. The Morgan fingerprint density at radius 1 is 1.21 bits per heavy atom. The number of ether oxygens (including phenoxy) is 1. The summed E-state index contributed by atoms with van der Waals surface area (Å²) < 4.78 is 5.61. The van der Waals surface area contributed by atoms with Gasteiger partial charge >= 0.3 is 0 Å². The van der Waals surface area contributed by atoms with Crippen LogP contribution in [0.4, 0.5) is 5.69 Å². The number of phenolic OH excluding ortho intramolecular Hbond substituents is 1. The van der Waals surface area contributed by atoms with Gasteiger partial charge in [-0.05, 0) is 62.1 Å². The van der Waals surface area contributed by atoms with Gasteiger partial charge in [-0.3, -0.25) is 9.69 Å². The first-order chi connectivity index (χ1) is 15.8. The number of carbonyl (C=O) groups is 1. The second-order valence-electron chi connectivity index (χ2n) is 8.95. The van der Waals surface area contributed by atoms with Crippen molar-refractivity contribution in [3.63, 3.8) is 0 Å². The molecule has 0 aromatic heterocycles. The Labute approximate surface area is 204 Å². The van der Waals surface area contributed by atoms with E-state index < -0.39 is 5.60 Å². The van der Waals surface area contributed by atoms with E-state index in [2.05, 4.69) is 10.2 Å². The maximum atomic E-state index is 13.0. The number of benzene rings is 2. The van der Waals surface area contributed by atoms with Crippen molar-refractivity contribution in [3.05, 3.63) is 52.0 Å². The molecule has 4 rings (SSSR count). The van der Waals surface area contributed by atoms with Crippen LogP contribution < -0.4 is 10.1 Å². The normalized spacial score (nSPS) is 25.3. The van der Waals surface area contributed by atoms with Crippen LogP contribution in [-0.4, -0.2) is 46.3 Å². The number of piperidine rings is 1. The zero-order chi connectivity index (χ0) is 23.6. The number of rotatable bonds is 6. The highest BCUT2D eigenvalue weighted by molar-refractivity contribution is 6.36. The molecule has 8 heteroatoms. The van der Waals surface area contributed by atoms with E-state index in [0.29, 0.717) is 41.1 Å². The molecule has 2 fully saturated rings. The van der Waals surface area contributed by atoms with Crippen molar-refractivity contribution in [2.75, 3.05) is 25.0 Å². The van der Waals surface area contributed by atoms with Crippen molar-refractivity contribution >= 4 is 34.8 Å². The first-order valence-corrected chi connectivity index (χ1v) is 12.2. The summed E-state index contributed by atoms with van der Waals surface area (Å²) in [5.41, 5.74) is 0.689. The first-order valence-electron chi connectivity index (χ1n) is 11.5. The lowest BCUT2D eigenvalue weighted by Crippen LogP contribution is -2.56. The van der Waals surface area contributed by atoms with Crippen molar-refractivity contribution in [3.8, 4) is 11.5 Å². The van der Waals surface area contributed by atoms with E-state index in [9.17, 15) is 15.0 Å². The number of aromatic hydroxyl groups is 1. The second kappa shape index (κ2) is 10.1. The van der Waals surface area contributed by atoms with Gasteiger partial charge in [-0.15, -0.1) is 0 Å². The van der Waals surface area contributed by atoms with Crippen LogP contribution in [0, 0.1) is 5.92 Å². The van der Waals surface area contributed by atoms with Crippen LogP contribution in [0.25, 0.3) is 0 Å². The Kier molecular flexibility index (Phi) is 7.39. The number of anilines is 1. The van der Waals surface area contributed by atoms with Crippen LogP contribution >= 0.6 is 23.2 Å². The molecule has 1 amide bonds. The average Bonchev–Trinajstić information content (AvgIpc) is 2.77. The molecule has 178 valence electrons. The molecule has 1 aliphatic carbocycles. The molecular formula is C25H30Cl2N2O4. The Bertz CT molecular complexity index is 1020. The fraction of sp³-hybridized carbons (Fsp3) is 0.480. The van der Waals surface area contributed by atoms with Crippen LogP contribution in [0.15, 0.2) is 36.4 Å². The van der Waals surface area contributed by atoms with E-state index in [-0.39, 0.29) is 30.2 Å². The number of halogens is 2. The fourth-order valence-electron chi connectivity index (χ4n) is 5.31. The molecule has 0 bridgehead atoms. The summed E-state index contributed by atoms with van der Waals surface area (Å²) in [4.78, 5) is 15.1. The molecule has 2 aromatic rings. The van der Waals surface area contributed by atoms with Gasteiger partial charge in [0.05, 0.1) is 29.5 Å². The number of phenols is 1. The molecule has 33 heavy (non-hydrogen) atoms. The van der Waals surface area contributed by atoms with Gasteiger partial charge in [-0.1, -0.05) is 42.1 Å². The van der Waals surface area contributed by atoms with E-state index in [1.165, 1.54) is 0 Å². The standard InChI is InChI=1S/C25H30Cl2N2O4/c1-2-33-22-13-16(6-9-21(22)30)24-18-5-3-4-10-25(18,32)11-12-29(24)15-23(31)28-20-8-7-17(26)14-19(20)27/h6-9,13-14,18,24,30,32H,2-5,10-12,15H2,1H3,(H,28,31)/t18-,24-,25-/m1/s1. The minimum atomic E-state index is -0.751. The molecule has 1 heterocycles. The van der Waals surface area contributed by atoms with Gasteiger partial charge < -0.3 is 20.3 Å². The van der Waals surface area contributed by atoms with Gasteiger partial charge in [0.15, 0.2) is 11.5 Å². The predicted molar refractivity (Wildman–Crippen MR) is 130 cm³/mol. The van der Waals surface area contributed by atoms with E-state index in [0.717, 1.165) is 31.2 Å². The Balaban J connectivity index is 1.61. The SMILES string of the molecule is CCOc1cc([C@@H]2[C@H]3CCCC[C@@]3(O)CCN2CC(=O)Nc2ccc(Cl)cc2Cl)ccc1O. The fourth-order valence-corrected chi connectivity index (χ4v) is 5.77. The molecule has 3 atom stereocenters. The second-order valence-corrected chi connectivity index (χ2v) is 9.80. The average molecular weight is 493 g/mol. The van der Waals surface area contributed by atoms with Gasteiger partial charge in [-0.25, -0.2) is 0 Å². The lowest BCUT2D eigenvalue weighted by molar-refractivity contribution is -0.135. The third kappa shape index (κ3) is 5.24. The van der Waals surface area contributed by atoms with Gasteiger partial charge in [0.25, 0.3) is 0 Å². The van der Waals surface area contributed by atoms with Crippen LogP contribution in [0.3, 0.4) is 0 Å². The molecule has 2 aliphatic rings. The molecule has 1 saturated heterocycles. The highest BCUT2D eigenvalue weighted by atomic mass is 35.5. The first kappa shape index (κ1) is 24.1. The number of nitrogens with zero attached hydrogens (tertiary/aromatic N) is 1. The van der Waals surface area contributed by atoms with E-state index in [4.69, 9.17) is 27.9 Å². The van der Waals surface area contributed by atoms with E-state index in [1.807, 2.05) is 19.1 Å². The van der Waals surface area contributed by atoms with Gasteiger partial charge in [0.1, 0.15) is 0 Å². The Hall–Kier alpha value is -1.99. The van der Waals surface area contributed by atoms with Crippen molar-refractivity contribution in [1.82, 2.24) is 4.90 Å². The van der Waals surface area contributed by atoms with Gasteiger partial charge in [0, 0.05) is 23.5 Å². The molecule has 0 unspecified atom stereocenters. The number of amides is 1. The highest BCUT2D eigenvalue weighted by Crippen LogP contribution is 2.50. The Morgan fingerprint density at radius 3 is 2.79 bits per heavy atom. The van der Waals surface area contributed by atoms with E-state index in [1.54, 1.807) is 24.3 Å². The summed E-state index contributed by atoms with van der Waals surface area (Å²) in [6.07, 6.45) is 4.33. The third-order valence-corrected chi connectivity index (χ3v) is 7.40. The van der Waals surface area contributed by atoms with Crippen molar-refractivity contribution < 1.29 is 19.7 Å². The number of aliphatic hydroxyl groups is 1. The maximum Gasteiger partial charge on any atom is 0.238 e. The highest BCUT2D eigenvalue weighted by Gasteiger charge is 2.49. The molecule has 0 radical (unpaired) electrons. The van der Waals surface area contributed by atoms with Crippen LogP contribution in [0.1, 0.15) is 50.6 Å². The molecule has 2 aromatic carbocycles. The minimum Gasteiger partial charge on any atom is -0.504 e. The molecule has 6 nitrogen and oxygen atoms in total.